The lowest BCUT2D eigenvalue weighted by Crippen LogP contribution is -2.06. The molecule has 0 saturated carbocycles. The van der Waals surface area contributed by atoms with Crippen molar-refractivity contribution in [3.05, 3.63) is 51.5 Å². The molecule has 0 bridgehead atoms. The molecule has 1 atom stereocenters. The molecule has 1 heterocycles. The van der Waals surface area contributed by atoms with E-state index in [-0.39, 0.29) is 6.10 Å². The molecule has 0 aliphatic carbocycles. The Hall–Kier alpha value is -1.27. The van der Waals surface area contributed by atoms with Crippen LogP contribution in [0.2, 0.25) is 0 Å². The molecule has 0 spiro atoms. The minimum absolute atomic E-state index is 0.137. The van der Waals surface area contributed by atoms with Crippen molar-refractivity contribution in [2.75, 3.05) is 13.7 Å². The summed E-state index contributed by atoms with van der Waals surface area (Å²) in [6.45, 7) is 3.58. The molecule has 108 valence electrons. The van der Waals surface area contributed by atoms with E-state index in [2.05, 4.69) is 17.1 Å². The Morgan fingerprint density at radius 1 is 1.30 bits per heavy atom. The third-order valence-electron chi connectivity index (χ3n) is 2.92. The zero-order valence-electron chi connectivity index (χ0n) is 11.8. The van der Waals surface area contributed by atoms with Gasteiger partial charge in [0.25, 0.3) is 0 Å². The summed E-state index contributed by atoms with van der Waals surface area (Å²) in [4.78, 5) is 5.71. The minimum atomic E-state index is -0.137. The van der Waals surface area contributed by atoms with Gasteiger partial charge >= 0.3 is 0 Å². The number of aromatic nitrogens is 1. The van der Waals surface area contributed by atoms with Crippen molar-refractivity contribution in [1.82, 2.24) is 4.98 Å². The summed E-state index contributed by atoms with van der Waals surface area (Å²) in [6.07, 6.45) is -0.137. The van der Waals surface area contributed by atoms with Gasteiger partial charge in [-0.15, -0.1) is 11.3 Å². The van der Waals surface area contributed by atoms with E-state index in [1.54, 1.807) is 18.4 Å². The molecular formula is C15H20N2O2S. The van der Waals surface area contributed by atoms with E-state index in [0.29, 0.717) is 19.8 Å². The van der Waals surface area contributed by atoms with Crippen molar-refractivity contribution in [3.63, 3.8) is 0 Å². The first kappa shape index (κ1) is 15.1. The van der Waals surface area contributed by atoms with Gasteiger partial charge in [-0.05, 0) is 12.5 Å². The molecule has 5 heteroatoms. The highest BCUT2D eigenvalue weighted by atomic mass is 32.1. The third kappa shape index (κ3) is 3.43. The number of ether oxygens (including phenoxy) is 2. The fourth-order valence-electron chi connectivity index (χ4n) is 2.03. The number of benzene rings is 1. The van der Waals surface area contributed by atoms with E-state index in [9.17, 15) is 0 Å². The van der Waals surface area contributed by atoms with Gasteiger partial charge in [0, 0.05) is 25.1 Å². The molecule has 2 aromatic rings. The molecule has 20 heavy (non-hydrogen) atoms. The van der Waals surface area contributed by atoms with Gasteiger partial charge in [-0.25, -0.2) is 4.98 Å². The normalized spacial score (nSPS) is 12.6. The number of nitrogens with zero attached hydrogens (tertiary/aromatic N) is 1. The SMILES string of the molecule is CCOC(c1ccccc1)c1nc(COC)c(CN)s1. The fourth-order valence-corrected chi connectivity index (χ4v) is 3.05. The van der Waals surface area contributed by atoms with Crippen LogP contribution >= 0.6 is 11.3 Å². The van der Waals surface area contributed by atoms with Crippen LogP contribution in [0.3, 0.4) is 0 Å². The number of thiazole rings is 1. The Balaban J connectivity index is 2.34. The molecule has 1 aromatic heterocycles. The van der Waals surface area contributed by atoms with Crippen LogP contribution < -0.4 is 5.73 Å². The Morgan fingerprint density at radius 2 is 2.05 bits per heavy atom. The number of nitrogens with two attached hydrogens (primary N) is 1. The fraction of sp³-hybridized carbons (Fsp3) is 0.400. The van der Waals surface area contributed by atoms with Crippen molar-refractivity contribution in [1.29, 1.82) is 0 Å². The molecule has 1 aromatic carbocycles. The summed E-state index contributed by atoms with van der Waals surface area (Å²) >= 11 is 1.60. The molecule has 4 nitrogen and oxygen atoms in total. The summed E-state index contributed by atoms with van der Waals surface area (Å²) in [6, 6.07) is 10.1. The second-order valence-corrected chi connectivity index (χ2v) is 5.42. The quantitative estimate of drug-likeness (QED) is 0.852. The van der Waals surface area contributed by atoms with Crippen LogP contribution in [0.25, 0.3) is 0 Å². The van der Waals surface area contributed by atoms with Gasteiger partial charge in [0.05, 0.1) is 12.3 Å². The van der Waals surface area contributed by atoms with Gasteiger partial charge in [-0.2, -0.15) is 0 Å². The first-order valence-corrected chi connectivity index (χ1v) is 7.45. The predicted octanol–water partition coefficient (Wildman–Crippen LogP) is 2.87. The van der Waals surface area contributed by atoms with Gasteiger partial charge in [0.15, 0.2) is 0 Å². The molecule has 0 aliphatic rings. The third-order valence-corrected chi connectivity index (χ3v) is 4.08. The van der Waals surface area contributed by atoms with Gasteiger partial charge in [0.2, 0.25) is 0 Å². The van der Waals surface area contributed by atoms with Gasteiger partial charge < -0.3 is 15.2 Å². The number of rotatable bonds is 7. The summed E-state index contributed by atoms with van der Waals surface area (Å²) in [5.74, 6) is 0. The van der Waals surface area contributed by atoms with E-state index in [4.69, 9.17) is 15.2 Å². The molecule has 1 unspecified atom stereocenters. The van der Waals surface area contributed by atoms with Crippen LogP contribution in [-0.2, 0) is 22.6 Å². The smallest absolute Gasteiger partial charge is 0.134 e. The second-order valence-electron chi connectivity index (χ2n) is 4.31. The van der Waals surface area contributed by atoms with E-state index in [1.165, 1.54) is 0 Å². The number of hydrogen-bond acceptors (Lipinski definition) is 5. The molecule has 0 fully saturated rings. The maximum atomic E-state index is 5.87. The first-order chi connectivity index (χ1) is 9.80. The zero-order valence-corrected chi connectivity index (χ0v) is 12.7. The zero-order chi connectivity index (χ0) is 14.4. The average molecular weight is 292 g/mol. The highest BCUT2D eigenvalue weighted by Crippen LogP contribution is 2.31. The summed E-state index contributed by atoms with van der Waals surface area (Å²) in [5, 5.41) is 0.936. The predicted molar refractivity (Wildman–Crippen MR) is 80.6 cm³/mol. The van der Waals surface area contributed by atoms with Gasteiger partial charge in [0.1, 0.15) is 11.1 Å². The van der Waals surface area contributed by atoms with Crippen molar-refractivity contribution in [2.24, 2.45) is 5.73 Å². The Morgan fingerprint density at radius 3 is 2.65 bits per heavy atom. The maximum Gasteiger partial charge on any atom is 0.134 e. The standard InChI is InChI=1S/C15H20N2O2S/c1-3-19-14(11-7-5-4-6-8-11)15-17-12(10-18-2)13(9-16)20-15/h4-8,14H,3,9-10,16H2,1-2H3. The molecule has 0 amide bonds. The van der Waals surface area contributed by atoms with E-state index in [0.717, 1.165) is 21.1 Å². The molecule has 2 rings (SSSR count). The van der Waals surface area contributed by atoms with Crippen LogP contribution in [0, 0.1) is 0 Å². The van der Waals surface area contributed by atoms with Crippen molar-refractivity contribution >= 4 is 11.3 Å². The van der Waals surface area contributed by atoms with Crippen LogP contribution in [0.5, 0.6) is 0 Å². The summed E-state index contributed by atoms with van der Waals surface area (Å²) in [7, 11) is 1.66. The number of hydrogen-bond donors (Lipinski definition) is 1. The highest BCUT2D eigenvalue weighted by molar-refractivity contribution is 7.11. The van der Waals surface area contributed by atoms with Crippen molar-refractivity contribution < 1.29 is 9.47 Å². The van der Waals surface area contributed by atoms with Gasteiger partial charge in [-0.3, -0.25) is 0 Å². The Kier molecular flexibility index (Phi) is 5.67. The van der Waals surface area contributed by atoms with E-state index in [1.807, 2.05) is 25.1 Å². The van der Waals surface area contributed by atoms with Crippen LogP contribution in [-0.4, -0.2) is 18.7 Å². The van der Waals surface area contributed by atoms with Crippen LogP contribution in [0.1, 0.15) is 34.2 Å². The Labute approximate surface area is 123 Å². The maximum absolute atomic E-state index is 5.87. The molecular weight excluding hydrogens is 272 g/mol. The second kappa shape index (κ2) is 7.50. The molecule has 2 N–H and O–H groups in total. The average Bonchev–Trinajstić information content (AvgIpc) is 2.89. The Bertz CT molecular complexity index is 528. The lowest BCUT2D eigenvalue weighted by atomic mass is 10.1. The summed E-state index contributed by atoms with van der Waals surface area (Å²) in [5.41, 5.74) is 7.80. The van der Waals surface area contributed by atoms with E-state index >= 15 is 0 Å². The van der Waals surface area contributed by atoms with Crippen molar-refractivity contribution in [2.45, 2.75) is 26.2 Å². The molecule has 0 saturated heterocycles. The lowest BCUT2D eigenvalue weighted by Gasteiger charge is -2.14. The molecule has 0 radical (unpaired) electrons. The van der Waals surface area contributed by atoms with Crippen molar-refractivity contribution in [3.8, 4) is 0 Å². The molecule has 0 aliphatic heterocycles. The van der Waals surface area contributed by atoms with Gasteiger partial charge in [-0.1, -0.05) is 30.3 Å². The number of methoxy groups -OCH3 is 1. The van der Waals surface area contributed by atoms with Crippen LogP contribution in [0.4, 0.5) is 0 Å². The minimum Gasteiger partial charge on any atom is -0.378 e. The topological polar surface area (TPSA) is 57.4 Å². The van der Waals surface area contributed by atoms with Crippen LogP contribution in [0.15, 0.2) is 30.3 Å². The first-order valence-electron chi connectivity index (χ1n) is 6.64. The largest absolute Gasteiger partial charge is 0.378 e. The highest BCUT2D eigenvalue weighted by Gasteiger charge is 2.20. The lowest BCUT2D eigenvalue weighted by molar-refractivity contribution is 0.0907. The monoisotopic (exact) mass is 292 g/mol. The van der Waals surface area contributed by atoms with E-state index < -0.39 is 0 Å². The summed E-state index contributed by atoms with van der Waals surface area (Å²) < 4.78 is 11.0.